The summed E-state index contributed by atoms with van der Waals surface area (Å²) in [7, 11) is 0. The van der Waals surface area contributed by atoms with Crippen molar-refractivity contribution in [1.82, 2.24) is 0 Å². The van der Waals surface area contributed by atoms with E-state index in [1.54, 1.807) is 60.7 Å². The molecule has 0 fully saturated rings. The van der Waals surface area contributed by atoms with Crippen molar-refractivity contribution < 1.29 is 36.6 Å². The van der Waals surface area contributed by atoms with Crippen LogP contribution in [-0.4, -0.2) is 22.6 Å². The van der Waals surface area contributed by atoms with Gasteiger partial charge in [0.05, 0.1) is 11.1 Å². The van der Waals surface area contributed by atoms with E-state index in [-0.39, 0.29) is 11.1 Å². The van der Waals surface area contributed by atoms with Crippen molar-refractivity contribution in [2.45, 2.75) is 24.4 Å². The number of halogens is 6. The van der Waals surface area contributed by atoms with E-state index in [2.05, 4.69) is 9.98 Å². The van der Waals surface area contributed by atoms with Gasteiger partial charge in [0.25, 0.3) is 0 Å². The van der Waals surface area contributed by atoms with E-state index in [4.69, 9.17) is 0 Å². The first kappa shape index (κ1) is 28.4. The van der Waals surface area contributed by atoms with Gasteiger partial charge in [-0.05, 0) is 35.4 Å². The molecule has 10 heteroatoms. The molecule has 40 heavy (non-hydrogen) atoms. The lowest BCUT2D eigenvalue weighted by atomic mass is 9.94. The number of hydrogen-bond acceptors (Lipinski definition) is 4. The van der Waals surface area contributed by atoms with Gasteiger partial charge < -0.3 is 10.2 Å². The van der Waals surface area contributed by atoms with Gasteiger partial charge in [-0.3, -0.25) is 9.98 Å². The molecule has 4 rings (SSSR count). The van der Waals surface area contributed by atoms with Crippen LogP contribution in [-0.2, 0) is 12.4 Å². The van der Waals surface area contributed by atoms with Crippen molar-refractivity contribution in [3.8, 4) is 11.5 Å². The number of aliphatic imine (C=N–C) groups is 2. The Morgan fingerprint density at radius 1 is 0.500 bits per heavy atom. The van der Waals surface area contributed by atoms with Crippen molar-refractivity contribution in [3.05, 3.63) is 130 Å². The Hall–Kier alpha value is -4.60. The summed E-state index contributed by atoms with van der Waals surface area (Å²) in [5.74, 6) is -1.97. The summed E-state index contributed by atoms with van der Waals surface area (Å²) in [6.07, 6.45) is -7.35. The minimum atomic E-state index is -4.78. The quantitative estimate of drug-likeness (QED) is 0.178. The summed E-state index contributed by atoms with van der Waals surface area (Å²) in [6.45, 7) is 0. The molecule has 2 unspecified atom stereocenters. The SMILES string of the molecule is Oc1c(C=NC(c2ccccc2)C(N=Cc2cccc(C(F)(F)F)c2O)c2ccccc2)cccc1C(F)(F)F. The van der Waals surface area contributed by atoms with Gasteiger partial charge in [0.1, 0.15) is 23.6 Å². The Labute approximate surface area is 225 Å². The van der Waals surface area contributed by atoms with Gasteiger partial charge >= 0.3 is 12.4 Å². The van der Waals surface area contributed by atoms with E-state index in [1.807, 2.05) is 0 Å². The third kappa shape index (κ3) is 6.51. The van der Waals surface area contributed by atoms with E-state index in [1.165, 1.54) is 12.1 Å². The zero-order valence-electron chi connectivity index (χ0n) is 20.6. The fourth-order valence-corrected chi connectivity index (χ4v) is 4.11. The molecule has 0 saturated heterocycles. The maximum atomic E-state index is 13.3. The van der Waals surface area contributed by atoms with Crippen molar-refractivity contribution in [3.63, 3.8) is 0 Å². The van der Waals surface area contributed by atoms with Crippen LogP contribution in [0.15, 0.2) is 107 Å². The Morgan fingerprint density at radius 2 is 0.850 bits per heavy atom. The highest BCUT2D eigenvalue weighted by molar-refractivity contribution is 5.85. The Kier molecular flexibility index (Phi) is 8.27. The van der Waals surface area contributed by atoms with Crippen LogP contribution >= 0.6 is 0 Å². The number of phenolic OH excluding ortho intramolecular Hbond substituents is 2. The lowest BCUT2D eigenvalue weighted by Crippen LogP contribution is -2.10. The summed E-state index contributed by atoms with van der Waals surface area (Å²) >= 11 is 0. The van der Waals surface area contributed by atoms with Gasteiger partial charge in [0.15, 0.2) is 0 Å². The van der Waals surface area contributed by atoms with E-state index >= 15 is 0 Å². The molecule has 0 saturated carbocycles. The van der Waals surface area contributed by atoms with Crippen LogP contribution in [0.2, 0.25) is 0 Å². The number of alkyl halides is 6. The molecule has 0 radical (unpaired) electrons. The molecular weight excluding hydrogens is 534 g/mol. The molecule has 4 aromatic carbocycles. The average Bonchev–Trinajstić information content (AvgIpc) is 2.91. The molecular formula is C30H22F6N2O2. The maximum absolute atomic E-state index is 13.3. The van der Waals surface area contributed by atoms with Crippen molar-refractivity contribution >= 4 is 12.4 Å². The Balaban J connectivity index is 1.83. The first-order chi connectivity index (χ1) is 19.0. The van der Waals surface area contributed by atoms with Crippen LogP contribution in [0.1, 0.15) is 45.5 Å². The second kappa shape index (κ2) is 11.6. The first-order valence-electron chi connectivity index (χ1n) is 11.9. The van der Waals surface area contributed by atoms with Gasteiger partial charge in [0, 0.05) is 23.6 Å². The minimum Gasteiger partial charge on any atom is -0.507 e. The summed E-state index contributed by atoms with van der Waals surface area (Å²) in [4.78, 5) is 9.02. The summed E-state index contributed by atoms with van der Waals surface area (Å²) < 4.78 is 79.9. The highest BCUT2D eigenvalue weighted by Crippen LogP contribution is 2.40. The van der Waals surface area contributed by atoms with Gasteiger partial charge in [0.2, 0.25) is 0 Å². The monoisotopic (exact) mass is 556 g/mol. The first-order valence-corrected chi connectivity index (χ1v) is 11.9. The normalized spacial score (nSPS) is 14.1. The van der Waals surface area contributed by atoms with Gasteiger partial charge in [-0.2, -0.15) is 26.3 Å². The molecule has 2 N–H and O–H groups in total. The second-order valence-corrected chi connectivity index (χ2v) is 8.75. The van der Waals surface area contributed by atoms with E-state index in [0.29, 0.717) is 11.1 Å². The minimum absolute atomic E-state index is 0.179. The zero-order chi connectivity index (χ0) is 28.9. The molecule has 206 valence electrons. The van der Waals surface area contributed by atoms with Crippen LogP contribution in [0, 0.1) is 0 Å². The van der Waals surface area contributed by atoms with Gasteiger partial charge in [-0.1, -0.05) is 72.8 Å². The lowest BCUT2D eigenvalue weighted by molar-refractivity contribution is -0.139. The maximum Gasteiger partial charge on any atom is 0.419 e. The molecule has 0 heterocycles. The number of nitrogens with zero attached hydrogens (tertiary/aromatic N) is 2. The topological polar surface area (TPSA) is 65.2 Å². The largest absolute Gasteiger partial charge is 0.507 e. The zero-order valence-corrected chi connectivity index (χ0v) is 20.6. The van der Waals surface area contributed by atoms with Crippen LogP contribution in [0.5, 0.6) is 11.5 Å². The molecule has 0 spiro atoms. The van der Waals surface area contributed by atoms with Gasteiger partial charge in [-0.15, -0.1) is 0 Å². The van der Waals surface area contributed by atoms with Crippen LogP contribution < -0.4 is 0 Å². The lowest BCUT2D eigenvalue weighted by Gasteiger charge is -2.22. The van der Waals surface area contributed by atoms with Crippen molar-refractivity contribution in [2.75, 3.05) is 0 Å². The summed E-state index contributed by atoms with van der Waals surface area (Å²) in [5, 5.41) is 20.6. The molecule has 0 aliphatic heterocycles. The number of benzene rings is 4. The molecule has 4 aromatic rings. The van der Waals surface area contributed by atoms with E-state index in [9.17, 15) is 36.6 Å². The fourth-order valence-electron chi connectivity index (χ4n) is 4.11. The highest BCUT2D eigenvalue weighted by Gasteiger charge is 2.35. The number of hydrogen-bond donors (Lipinski definition) is 2. The van der Waals surface area contributed by atoms with E-state index in [0.717, 1.165) is 36.7 Å². The van der Waals surface area contributed by atoms with Crippen LogP contribution in [0.4, 0.5) is 26.3 Å². The highest BCUT2D eigenvalue weighted by atomic mass is 19.4. The molecule has 0 aliphatic rings. The average molecular weight is 557 g/mol. The molecule has 0 aliphatic carbocycles. The fraction of sp³-hybridized carbons (Fsp3) is 0.133. The standard InChI is InChI=1S/C30H22F6N2O2/c31-29(32,33)23-15-7-13-21(27(23)39)17-37-25(19-9-3-1-4-10-19)26(20-11-5-2-6-12-20)38-18-22-14-8-16-24(28(22)40)30(34,35)36/h1-18,25-26,39-40H. The predicted molar refractivity (Wildman–Crippen MR) is 140 cm³/mol. The number of rotatable bonds is 7. The summed E-state index contributed by atoms with van der Waals surface area (Å²) in [6, 6.07) is 21.9. The van der Waals surface area contributed by atoms with Crippen molar-refractivity contribution in [1.29, 1.82) is 0 Å². The Bertz CT molecular complexity index is 1390. The predicted octanol–water partition coefficient (Wildman–Crippen LogP) is 8.16. The third-order valence-electron chi connectivity index (χ3n) is 6.07. The van der Waals surface area contributed by atoms with Crippen molar-refractivity contribution in [2.24, 2.45) is 9.98 Å². The molecule has 0 aromatic heterocycles. The van der Waals surface area contributed by atoms with E-state index < -0.39 is 47.1 Å². The molecule has 0 bridgehead atoms. The smallest absolute Gasteiger partial charge is 0.419 e. The Morgan fingerprint density at radius 3 is 1.18 bits per heavy atom. The molecule has 4 nitrogen and oxygen atoms in total. The number of para-hydroxylation sites is 2. The molecule has 0 amide bonds. The van der Waals surface area contributed by atoms with Crippen LogP contribution in [0.25, 0.3) is 0 Å². The number of aromatic hydroxyl groups is 2. The number of phenols is 2. The second-order valence-electron chi connectivity index (χ2n) is 8.75. The summed E-state index contributed by atoms with van der Waals surface area (Å²) in [5.41, 5.74) is -1.59. The third-order valence-corrected chi connectivity index (χ3v) is 6.07. The molecule has 2 atom stereocenters. The van der Waals surface area contributed by atoms with Crippen LogP contribution in [0.3, 0.4) is 0 Å². The van der Waals surface area contributed by atoms with Gasteiger partial charge in [-0.25, -0.2) is 0 Å².